The third kappa shape index (κ3) is 3.94. The monoisotopic (exact) mass is 241 g/mol. The molecule has 2 N–H and O–H groups in total. The van der Waals surface area contributed by atoms with Crippen molar-refractivity contribution < 1.29 is 9.53 Å². The second-order valence-electron chi connectivity index (χ2n) is 4.95. The van der Waals surface area contributed by atoms with Gasteiger partial charge in [0.25, 0.3) is 0 Å². The quantitative estimate of drug-likeness (QED) is 0.701. The van der Waals surface area contributed by atoms with Gasteiger partial charge in [-0.15, -0.1) is 0 Å². The molecule has 0 spiro atoms. The minimum atomic E-state index is 0.112. The predicted octanol–water partition coefficient (Wildman–Crippen LogP) is -0.425. The van der Waals surface area contributed by atoms with Gasteiger partial charge < -0.3 is 15.4 Å². The van der Waals surface area contributed by atoms with Crippen molar-refractivity contribution in [3.63, 3.8) is 0 Å². The van der Waals surface area contributed by atoms with Crippen molar-refractivity contribution in [3.05, 3.63) is 0 Å². The first kappa shape index (κ1) is 12.8. The van der Waals surface area contributed by atoms with Gasteiger partial charge in [0.15, 0.2) is 0 Å². The van der Waals surface area contributed by atoms with Gasteiger partial charge in [0.1, 0.15) is 0 Å². The maximum atomic E-state index is 11.3. The van der Waals surface area contributed by atoms with Gasteiger partial charge in [-0.2, -0.15) is 0 Å². The second-order valence-corrected chi connectivity index (χ2v) is 4.95. The van der Waals surface area contributed by atoms with Crippen LogP contribution in [-0.2, 0) is 9.53 Å². The molecule has 5 nitrogen and oxygen atoms in total. The molecule has 0 aromatic heterocycles. The van der Waals surface area contributed by atoms with Gasteiger partial charge in [-0.1, -0.05) is 0 Å². The van der Waals surface area contributed by atoms with Crippen molar-refractivity contribution in [1.29, 1.82) is 0 Å². The van der Waals surface area contributed by atoms with Crippen LogP contribution in [-0.4, -0.2) is 62.8 Å². The summed E-state index contributed by atoms with van der Waals surface area (Å²) in [5.41, 5.74) is 0. The van der Waals surface area contributed by atoms with Crippen LogP contribution < -0.4 is 10.6 Å². The second kappa shape index (κ2) is 6.33. The summed E-state index contributed by atoms with van der Waals surface area (Å²) in [6.45, 7) is 4.32. The van der Waals surface area contributed by atoms with E-state index in [4.69, 9.17) is 4.74 Å². The molecule has 0 aromatic carbocycles. The molecule has 2 heterocycles. The minimum absolute atomic E-state index is 0.112. The van der Waals surface area contributed by atoms with Crippen molar-refractivity contribution in [3.8, 4) is 0 Å². The highest BCUT2D eigenvalue weighted by molar-refractivity contribution is 5.77. The van der Waals surface area contributed by atoms with Crippen LogP contribution in [0.1, 0.15) is 19.3 Å². The average molecular weight is 241 g/mol. The number of likely N-dealkylation sites (N-methyl/N-ethyl adjacent to an activating group) is 1. The number of nitrogens with zero attached hydrogens (tertiary/aromatic N) is 1. The Morgan fingerprint density at radius 1 is 1.29 bits per heavy atom. The summed E-state index contributed by atoms with van der Waals surface area (Å²) in [5.74, 6) is 0.112. The molecule has 0 saturated carbocycles. The number of rotatable bonds is 4. The lowest BCUT2D eigenvalue weighted by molar-refractivity contribution is -0.122. The van der Waals surface area contributed by atoms with Crippen molar-refractivity contribution in [2.24, 2.45) is 0 Å². The fourth-order valence-corrected chi connectivity index (χ4v) is 2.54. The molecule has 2 aliphatic rings. The van der Waals surface area contributed by atoms with Gasteiger partial charge in [0.05, 0.1) is 13.2 Å². The number of carbonyl (C=O) groups excluding carboxylic acids is 1. The Kier molecular flexibility index (Phi) is 4.76. The van der Waals surface area contributed by atoms with E-state index < -0.39 is 0 Å². The summed E-state index contributed by atoms with van der Waals surface area (Å²) in [6, 6.07) is 1.15. The van der Waals surface area contributed by atoms with Crippen LogP contribution >= 0.6 is 0 Å². The van der Waals surface area contributed by atoms with Crippen LogP contribution in [0.15, 0.2) is 0 Å². The van der Waals surface area contributed by atoms with Crippen LogP contribution in [0.25, 0.3) is 0 Å². The lowest BCUT2D eigenvalue weighted by atomic mass is 10.0. The number of nitrogens with one attached hydrogen (secondary N) is 2. The molecule has 1 amide bonds. The predicted molar refractivity (Wildman–Crippen MR) is 65.9 cm³/mol. The Bertz CT molecular complexity index is 246. The standard InChI is InChI=1S/C12H23N3O2/c1-13-12(16)8-15-5-2-10(3-6-15)14-11-4-7-17-9-11/h10-11,14H,2-9H2,1H3,(H,13,16). The number of hydrogen-bond donors (Lipinski definition) is 2. The van der Waals surface area contributed by atoms with E-state index in [1.54, 1.807) is 7.05 Å². The molecule has 1 unspecified atom stereocenters. The Morgan fingerprint density at radius 3 is 2.65 bits per heavy atom. The summed E-state index contributed by atoms with van der Waals surface area (Å²) in [7, 11) is 1.69. The molecule has 1 atom stereocenters. The highest BCUT2D eigenvalue weighted by Crippen LogP contribution is 2.13. The zero-order valence-corrected chi connectivity index (χ0v) is 10.6. The average Bonchev–Trinajstić information content (AvgIpc) is 2.84. The van der Waals surface area contributed by atoms with Crippen LogP contribution in [0.2, 0.25) is 0 Å². The maximum Gasteiger partial charge on any atom is 0.233 e. The van der Waals surface area contributed by atoms with Gasteiger partial charge >= 0.3 is 0 Å². The van der Waals surface area contributed by atoms with Crippen LogP contribution in [0.4, 0.5) is 0 Å². The summed E-state index contributed by atoms with van der Waals surface area (Å²) >= 11 is 0. The normalized spacial score (nSPS) is 27.2. The number of ether oxygens (including phenoxy) is 1. The summed E-state index contributed by atoms with van der Waals surface area (Å²) in [5, 5.41) is 6.32. The fraction of sp³-hybridized carbons (Fsp3) is 0.917. The Hall–Kier alpha value is -0.650. The number of likely N-dealkylation sites (tertiary alicyclic amines) is 1. The van der Waals surface area contributed by atoms with Gasteiger partial charge in [-0.05, 0) is 19.3 Å². The van der Waals surface area contributed by atoms with E-state index >= 15 is 0 Å². The largest absolute Gasteiger partial charge is 0.380 e. The smallest absolute Gasteiger partial charge is 0.233 e. The van der Waals surface area contributed by atoms with E-state index in [9.17, 15) is 4.79 Å². The van der Waals surface area contributed by atoms with Crippen molar-refractivity contribution in [2.45, 2.75) is 31.3 Å². The zero-order valence-electron chi connectivity index (χ0n) is 10.6. The van der Waals surface area contributed by atoms with E-state index in [1.807, 2.05) is 0 Å². The van der Waals surface area contributed by atoms with E-state index in [-0.39, 0.29) is 5.91 Å². The highest BCUT2D eigenvalue weighted by atomic mass is 16.5. The van der Waals surface area contributed by atoms with Crippen molar-refractivity contribution >= 4 is 5.91 Å². The lowest BCUT2D eigenvalue weighted by Crippen LogP contribution is -2.48. The molecular weight excluding hydrogens is 218 g/mol. The molecule has 5 heteroatoms. The van der Waals surface area contributed by atoms with Crippen LogP contribution in [0.5, 0.6) is 0 Å². The highest BCUT2D eigenvalue weighted by Gasteiger charge is 2.24. The molecule has 2 fully saturated rings. The first-order valence-electron chi connectivity index (χ1n) is 6.54. The zero-order chi connectivity index (χ0) is 12.1. The molecule has 17 heavy (non-hydrogen) atoms. The molecule has 0 radical (unpaired) electrons. The third-order valence-corrected chi connectivity index (χ3v) is 3.63. The molecular formula is C12H23N3O2. The van der Waals surface area contributed by atoms with Gasteiger partial charge in [0.2, 0.25) is 5.91 Å². The summed E-state index contributed by atoms with van der Waals surface area (Å²) in [6.07, 6.45) is 3.40. The Morgan fingerprint density at radius 2 is 2.06 bits per heavy atom. The minimum Gasteiger partial charge on any atom is -0.380 e. The molecule has 0 bridgehead atoms. The van der Waals surface area contributed by atoms with Crippen molar-refractivity contribution in [1.82, 2.24) is 15.5 Å². The maximum absolute atomic E-state index is 11.3. The van der Waals surface area contributed by atoms with Crippen LogP contribution in [0.3, 0.4) is 0 Å². The Balaban J connectivity index is 1.65. The van der Waals surface area contributed by atoms with Gasteiger partial charge in [-0.3, -0.25) is 9.69 Å². The lowest BCUT2D eigenvalue weighted by Gasteiger charge is -2.33. The summed E-state index contributed by atoms with van der Waals surface area (Å²) < 4.78 is 5.36. The van der Waals surface area contributed by atoms with Gasteiger partial charge in [-0.25, -0.2) is 0 Å². The first-order chi connectivity index (χ1) is 8.28. The van der Waals surface area contributed by atoms with E-state index in [0.29, 0.717) is 18.6 Å². The molecule has 2 saturated heterocycles. The first-order valence-corrected chi connectivity index (χ1v) is 6.54. The SMILES string of the molecule is CNC(=O)CN1CCC(NC2CCOC2)CC1. The van der Waals surface area contributed by atoms with Gasteiger partial charge in [0, 0.05) is 38.8 Å². The molecule has 0 aliphatic carbocycles. The number of hydrogen-bond acceptors (Lipinski definition) is 4. The molecule has 2 aliphatic heterocycles. The van der Waals surface area contributed by atoms with Crippen LogP contribution in [0, 0.1) is 0 Å². The van der Waals surface area contributed by atoms with Crippen molar-refractivity contribution in [2.75, 3.05) is 39.9 Å². The van der Waals surface area contributed by atoms with E-state index in [0.717, 1.165) is 45.6 Å². The summed E-state index contributed by atoms with van der Waals surface area (Å²) in [4.78, 5) is 13.5. The number of piperidine rings is 1. The topological polar surface area (TPSA) is 53.6 Å². The van der Waals surface area contributed by atoms with E-state index in [1.165, 1.54) is 0 Å². The fourth-order valence-electron chi connectivity index (χ4n) is 2.54. The number of carbonyl (C=O) groups is 1. The third-order valence-electron chi connectivity index (χ3n) is 3.63. The molecule has 2 rings (SSSR count). The van der Waals surface area contributed by atoms with E-state index in [2.05, 4.69) is 15.5 Å². The molecule has 0 aromatic rings. The number of amides is 1. The Labute approximate surface area is 103 Å². The molecule has 98 valence electrons.